The first-order chi connectivity index (χ1) is 8.52. The van der Waals surface area contributed by atoms with E-state index in [-0.39, 0.29) is 16.7 Å². The third kappa shape index (κ3) is 4.48. The number of carbonyl (C=O) groups excluding carboxylic acids is 1. The Bertz CT molecular complexity index is 558. The molecule has 1 rings (SSSR count). The third-order valence-corrected chi connectivity index (χ3v) is 5.38. The number of nitrogens with zero attached hydrogens (tertiary/aromatic N) is 1. The Morgan fingerprint density at radius 2 is 2.05 bits per heavy atom. The van der Waals surface area contributed by atoms with Crippen LogP contribution in [-0.4, -0.2) is 37.8 Å². The molecule has 0 fully saturated rings. The number of nitrogens with two attached hydrogens (primary N) is 1. The van der Waals surface area contributed by atoms with Crippen LogP contribution in [-0.2, 0) is 14.8 Å². The largest absolute Gasteiger partial charge is 0.398 e. The summed E-state index contributed by atoms with van der Waals surface area (Å²) in [6, 6.07) is 1.39. The number of thiophene rings is 1. The molecule has 0 aliphatic heterocycles. The van der Waals surface area contributed by atoms with Crippen molar-refractivity contribution in [3.05, 3.63) is 11.4 Å². The van der Waals surface area contributed by atoms with Crippen molar-refractivity contribution in [2.75, 3.05) is 19.3 Å². The third-order valence-electron chi connectivity index (χ3n) is 2.14. The molecule has 0 atom stereocenters. The van der Waals surface area contributed by atoms with Crippen molar-refractivity contribution in [3.8, 4) is 0 Å². The van der Waals surface area contributed by atoms with E-state index in [0.717, 1.165) is 15.6 Å². The molecule has 0 saturated carbocycles. The normalized spacial score (nSPS) is 12.7. The zero-order valence-corrected chi connectivity index (χ0v) is 13.1. The van der Waals surface area contributed by atoms with Crippen molar-refractivity contribution < 1.29 is 13.2 Å². The number of nitrogen functional groups attached to an aromatic ring is 1. The molecule has 19 heavy (non-hydrogen) atoms. The minimum absolute atomic E-state index is 0.135. The maximum Gasteiger partial charge on any atom is 0.252 e. The highest BCUT2D eigenvalue weighted by molar-refractivity contribution is 7.91. The Morgan fingerprint density at radius 3 is 2.47 bits per heavy atom. The van der Waals surface area contributed by atoms with E-state index in [2.05, 4.69) is 5.32 Å². The van der Waals surface area contributed by atoms with E-state index < -0.39 is 15.6 Å². The van der Waals surface area contributed by atoms with Crippen LogP contribution in [0.3, 0.4) is 0 Å². The van der Waals surface area contributed by atoms with Crippen molar-refractivity contribution >= 4 is 33.0 Å². The standard InChI is InChI=1S/C11H19N3O3S2/c1-11(2,3)13-9(15)6-14(4)19(16,17)10-5-8(12)7-18-10/h5,7H,6,12H2,1-4H3,(H,13,15). The number of rotatable bonds is 4. The second-order valence-electron chi connectivity index (χ2n) is 5.26. The van der Waals surface area contributed by atoms with Crippen molar-refractivity contribution in [2.24, 2.45) is 0 Å². The number of sulfonamides is 1. The van der Waals surface area contributed by atoms with Crippen LogP contribution in [0.2, 0.25) is 0 Å². The minimum Gasteiger partial charge on any atom is -0.398 e. The number of hydrogen-bond acceptors (Lipinski definition) is 5. The summed E-state index contributed by atoms with van der Waals surface area (Å²) in [6.07, 6.45) is 0. The van der Waals surface area contributed by atoms with Crippen LogP contribution < -0.4 is 11.1 Å². The second kappa shape index (κ2) is 5.48. The van der Waals surface area contributed by atoms with Crippen LogP contribution in [0.5, 0.6) is 0 Å². The summed E-state index contributed by atoms with van der Waals surface area (Å²) in [5.41, 5.74) is 5.51. The number of hydrogen-bond donors (Lipinski definition) is 2. The summed E-state index contributed by atoms with van der Waals surface area (Å²) in [5.74, 6) is -0.344. The molecule has 0 saturated heterocycles. The summed E-state index contributed by atoms with van der Waals surface area (Å²) < 4.78 is 25.4. The molecule has 0 unspecified atom stereocenters. The summed E-state index contributed by atoms with van der Waals surface area (Å²) in [4.78, 5) is 11.7. The molecule has 0 radical (unpaired) electrons. The first kappa shape index (κ1) is 15.9. The van der Waals surface area contributed by atoms with E-state index in [1.165, 1.54) is 13.1 Å². The van der Waals surface area contributed by atoms with Crippen LogP contribution in [0.15, 0.2) is 15.7 Å². The lowest BCUT2D eigenvalue weighted by Crippen LogP contribution is -2.46. The summed E-state index contributed by atoms with van der Waals surface area (Å²) >= 11 is 1.04. The Morgan fingerprint density at radius 1 is 1.47 bits per heavy atom. The van der Waals surface area contributed by atoms with Gasteiger partial charge >= 0.3 is 0 Å². The molecule has 0 aliphatic rings. The van der Waals surface area contributed by atoms with Crippen molar-refractivity contribution in [1.82, 2.24) is 9.62 Å². The Kier molecular flexibility index (Phi) is 4.59. The fraction of sp³-hybridized carbons (Fsp3) is 0.545. The van der Waals surface area contributed by atoms with E-state index in [4.69, 9.17) is 5.73 Å². The highest BCUT2D eigenvalue weighted by Gasteiger charge is 2.25. The number of carbonyl (C=O) groups is 1. The van der Waals surface area contributed by atoms with E-state index in [9.17, 15) is 13.2 Å². The van der Waals surface area contributed by atoms with Gasteiger partial charge in [0.15, 0.2) is 0 Å². The Hall–Kier alpha value is -1.12. The molecule has 0 spiro atoms. The smallest absolute Gasteiger partial charge is 0.252 e. The lowest BCUT2D eigenvalue weighted by atomic mass is 10.1. The highest BCUT2D eigenvalue weighted by Crippen LogP contribution is 2.24. The summed E-state index contributed by atoms with van der Waals surface area (Å²) in [5, 5.41) is 4.26. The average Bonchev–Trinajstić information content (AvgIpc) is 2.62. The lowest BCUT2D eigenvalue weighted by Gasteiger charge is -2.22. The first-order valence-corrected chi connectivity index (χ1v) is 7.96. The molecule has 1 amide bonds. The molecule has 0 bridgehead atoms. The molecular formula is C11H19N3O3S2. The number of anilines is 1. The van der Waals surface area contributed by atoms with Gasteiger partial charge in [0.05, 0.1) is 6.54 Å². The fourth-order valence-corrected chi connectivity index (χ4v) is 3.78. The molecule has 1 aromatic rings. The van der Waals surface area contributed by atoms with Crippen LogP contribution in [0.25, 0.3) is 0 Å². The molecule has 108 valence electrons. The van der Waals surface area contributed by atoms with E-state index in [1.54, 1.807) is 5.38 Å². The maximum absolute atomic E-state index is 12.1. The molecule has 8 heteroatoms. The topological polar surface area (TPSA) is 92.5 Å². The van der Waals surface area contributed by atoms with Gasteiger partial charge in [-0.1, -0.05) is 0 Å². The quantitative estimate of drug-likeness (QED) is 0.863. The van der Waals surface area contributed by atoms with E-state index in [1.807, 2.05) is 20.8 Å². The molecule has 3 N–H and O–H groups in total. The fourth-order valence-electron chi connectivity index (χ4n) is 1.36. The number of likely N-dealkylation sites (N-methyl/N-ethyl adjacent to an activating group) is 1. The number of nitrogens with one attached hydrogen (secondary N) is 1. The van der Waals surface area contributed by atoms with Gasteiger partial charge < -0.3 is 11.1 Å². The zero-order chi connectivity index (χ0) is 14.8. The second-order valence-corrected chi connectivity index (χ2v) is 8.44. The summed E-state index contributed by atoms with van der Waals surface area (Å²) in [6.45, 7) is 5.27. The van der Waals surface area contributed by atoms with Gasteiger partial charge in [0.25, 0.3) is 10.0 Å². The predicted molar refractivity (Wildman–Crippen MR) is 76.4 cm³/mol. The monoisotopic (exact) mass is 305 g/mol. The number of amides is 1. The van der Waals surface area contributed by atoms with Gasteiger partial charge in [-0.3, -0.25) is 4.79 Å². The molecule has 1 aromatic heterocycles. The lowest BCUT2D eigenvalue weighted by molar-refractivity contribution is -0.122. The van der Waals surface area contributed by atoms with Gasteiger partial charge in [-0.15, -0.1) is 11.3 Å². The van der Waals surface area contributed by atoms with Gasteiger partial charge in [0.1, 0.15) is 4.21 Å². The van der Waals surface area contributed by atoms with Crippen LogP contribution >= 0.6 is 11.3 Å². The van der Waals surface area contributed by atoms with Crippen LogP contribution in [0.1, 0.15) is 20.8 Å². The van der Waals surface area contributed by atoms with Crippen molar-refractivity contribution in [3.63, 3.8) is 0 Å². The molecule has 1 heterocycles. The molecule has 6 nitrogen and oxygen atoms in total. The molecule has 0 aromatic carbocycles. The molecular weight excluding hydrogens is 286 g/mol. The van der Waals surface area contributed by atoms with E-state index >= 15 is 0 Å². The highest BCUT2D eigenvalue weighted by atomic mass is 32.2. The predicted octanol–water partition coefficient (Wildman–Crippen LogP) is 0.865. The van der Waals surface area contributed by atoms with Gasteiger partial charge in [-0.2, -0.15) is 4.31 Å². The van der Waals surface area contributed by atoms with Gasteiger partial charge in [-0.25, -0.2) is 8.42 Å². The summed E-state index contributed by atoms with van der Waals surface area (Å²) in [7, 11) is -2.29. The van der Waals surface area contributed by atoms with Crippen molar-refractivity contribution in [2.45, 2.75) is 30.5 Å². The van der Waals surface area contributed by atoms with Crippen LogP contribution in [0, 0.1) is 0 Å². The van der Waals surface area contributed by atoms with E-state index in [0.29, 0.717) is 5.69 Å². The van der Waals surface area contributed by atoms with Gasteiger partial charge in [0, 0.05) is 23.7 Å². The zero-order valence-electron chi connectivity index (χ0n) is 11.4. The Labute approximate surface area is 117 Å². The average molecular weight is 305 g/mol. The van der Waals surface area contributed by atoms with Gasteiger partial charge in [0.2, 0.25) is 5.91 Å². The first-order valence-electron chi connectivity index (χ1n) is 5.64. The Balaban J connectivity index is 2.78. The van der Waals surface area contributed by atoms with Crippen molar-refractivity contribution in [1.29, 1.82) is 0 Å². The minimum atomic E-state index is -3.66. The SMILES string of the molecule is CN(CC(=O)NC(C)(C)C)S(=O)(=O)c1cc(N)cs1. The van der Waals surface area contributed by atoms with Gasteiger partial charge in [-0.05, 0) is 26.8 Å². The maximum atomic E-state index is 12.1. The molecule has 0 aliphatic carbocycles. The van der Waals surface area contributed by atoms with Crippen LogP contribution in [0.4, 0.5) is 5.69 Å².